The van der Waals surface area contributed by atoms with Gasteiger partial charge < -0.3 is 4.90 Å². The Morgan fingerprint density at radius 1 is 1.50 bits per heavy atom. The predicted octanol–water partition coefficient (Wildman–Crippen LogP) is -1.38. The first-order chi connectivity index (χ1) is 6.68. The van der Waals surface area contributed by atoms with Gasteiger partial charge in [0.1, 0.15) is 0 Å². The summed E-state index contributed by atoms with van der Waals surface area (Å²) < 4.78 is 0. The number of nitrogens with one attached hydrogen (secondary N) is 3. The summed E-state index contributed by atoms with van der Waals surface area (Å²) in [5, 5.41) is 0. The molecule has 0 saturated carbocycles. The van der Waals surface area contributed by atoms with Gasteiger partial charge in [-0.15, -0.1) is 4.98 Å². The second-order valence-electron chi connectivity index (χ2n) is 3.13. The molecule has 2 rings (SSSR count). The number of hydrogen-bond donors (Lipinski definition) is 1. The highest BCUT2D eigenvalue weighted by Gasteiger charge is 2.17. The van der Waals surface area contributed by atoms with Crippen LogP contribution in [0, 0.1) is 0 Å². The maximum atomic E-state index is 11.5. The Morgan fingerprint density at radius 2 is 2.29 bits per heavy atom. The van der Waals surface area contributed by atoms with Gasteiger partial charge in [-0.25, -0.2) is 4.98 Å². The minimum Gasteiger partial charge on any atom is -0.309 e. The normalized spacial score (nSPS) is 10.4. The molecule has 2 heterocycles. The molecule has 0 aromatic carbocycles. The second kappa shape index (κ2) is 3.06. The third kappa shape index (κ3) is 1.30. The van der Waals surface area contributed by atoms with E-state index in [1.807, 2.05) is 14.1 Å². The van der Waals surface area contributed by atoms with E-state index in [1.165, 1.54) is 0 Å². The quantitative estimate of drug-likeness (QED) is 0.606. The fraction of sp³-hybridized carbons (Fsp3) is 0.250. The number of anilines is 1. The van der Waals surface area contributed by atoms with Crippen molar-refractivity contribution in [3.05, 3.63) is 22.7 Å². The molecule has 0 spiro atoms. The van der Waals surface area contributed by atoms with Gasteiger partial charge in [0, 0.05) is 14.1 Å². The van der Waals surface area contributed by atoms with Gasteiger partial charge in [0.2, 0.25) is 0 Å². The highest BCUT2D eigenvalue weighted by atomic mass is 16.1. The Bertz CT molecular complexity index is 518. The summed E-state index contributed by atoms with van der Waals surface area (Å²) in [6.07, 6.45) is 3.21. The topological polar surface area (TPSA) is 77.3 Å². The average Bonchev–Trinajstić information content (AvgIpc) is 2.17. The molecule has 72 valence electrons. The van der Waals surface area contributed by atoms with E-state index < -0.39 is 0 Å². The summed E-state index contributed by atoms with van der Waals surface area (Å²) in [5.74, 6) is 0.631. The third-order valence-corrected chi connectivity index (χ3v) is 1.88. The molecule has 3 N–H and O–H groups in total. The Morgan fingerprint density at radius 3 is 3.00 bits per heavy atom. The SMILES string of the molecule is CN(C)c1[nH]c(=O)c2ncc[nH+]c2[nH+]1. The van der Waals surface area contributed by atoms with Gasteiger partial charge in [0.05, 0.1) is 6.20 Å². The molecule has 0 aliphatic rings. The maximum absolute atomic E-state index is 11.5. The van der Waals surface area contributed by atoms with E-state index in [2.05, 4.69) is 19.9 Å². The molecule has 0 aliphatic heterocycles. The van der Waals surface area contributed by atoms with Crippen LogP contribution >= 0.6 is 0 Å². The van der Waals surface area contributed by atoms with E-state index >= 15 is 0 Å². The summed E-state index contributed by atoms with van der Waals surface area (Å²) in [4.78, 5) is 25.9. The van der Waals surface area contributed by atoms with Gasteiger partial charge in [-0.3, -0.25) is 9.78 Å². The highest BCUT2D eigenvalue weighted by Crippen LogP contribution is 1.95. The molecule has 0 unspecified atom stereocenters. The summed E-state index contributed by atoms with van der Waals surface area (Å²) in [7, 11) is 3.67. The number of aromatic amines is 3. The number of hydrogen-bond acceptors (Lipinski definition) is 3. The van der Waals surface area contributed by atoms with Crippen molar-refractivity contribution in [3.63, 3.8) is 0 Å². The van der Waals surface area contributed by atoms with Crippen LogP contribution < -0.4 is 20.4 Å². The van der Waals surface area contributed by atoms with Crippen molar-refractivity contribution in [1.29, 1.82) is 0 Å². The van der Waals surface area contributed by atoms with E-state index in [9.17, 15) is 4.79 Å². The maximum Gasteiger partial charge on any atom is 0.475 e. The smallest absolute Gasteiger partial charge is 0.309 e. The van der Waals surface area contributed by atoms with Crippen LogP contribution in [-0.4, -0.2) is 24.1 Å². The van der Waals surface area contributed by atoms with Crippen molar-refractivity contribution in [2.75, 3.05) is 19.0 Å². The highest BCUT2D eigenvalue weighted by molar-refractivity contribution is 5.60. The van der Waals surface area contributed by atoms with Crippen LogP contribution in [0.3, 0.4) is 0 Å². The Kier molecular flexibility index (Phi) is 1.88. The van der Waals surface area contributed by atoms with Crippen LogP contribution in [0.4, 0.5) is 5.95 Å². The Hall–Kier alpha value is -1.98. The van der Waals surface area contributed by atoms with Gasteiger partial charge in [0.25, 0.3) is 11.1 Å². The molecule has 14 heavy (non-hydrogen) atoms. The first kappa shape index (κ1) is 8.61. The van der Waals surface area contributed by atoms with E-state index in [0.717, 1.165) is 0 Å². The van der Waals surface area contributed by atoms with E-state index in [-0.39, 0.29) is 5.56 Å². The zero-order chi connectivity index (χ0) is 10.1. The number of rotatable bonds is 1. The lowest BCUT2D eigenvalue weighted by Gasteiger charge is -2.02. The number of H-pyrrole nitrogens is 3. The van der Waals surface area contributed by atoms with Crippen molar-refractivity contribution in [2.24, 2.45) is 0 Å². The zero-order valence-corrected chi connectivity index (χ0v) is 7.96. The van der Waals surface area contributed by atoms with Crippen molar-refractivity contribution < 1.29 is 9.97 Å². The van der Waals surface area contributed by atoms with E-state index in [1.54, 1.807) is 17.3 Å². The first-order valence-corrected chi connectivity index (χ1v) is 4.18. The van der Waals surface area contributed by atoms with Gasteiger partial charge in [0.15, 0.2) is 6.20 Å². The van der Waals surface area contributed by atoms with Crippen LogP contribution in [-0.2, 0) is 0 Å². The van der Waals surface area contributed by atoms with Crippen molar-refractivity contribution in [3.8, 4) is 0 Å². The fourth-order valence-electron chi connectivity index (χ4n) is 1.17. The summed E-state index contributed by atoms with van der Waals surface area (Å²) in [5.41, 5.74) is 0.775. The van der Waals surface area contributed by atoms with Crippen LogP contribution in [0.5, 0.6) is 0 Å². The van der Waals surface area contributed by atoms with E-state index in [0.29, 0.717) is 17.1 Å². The largest absolute Gasteiger partial charge is 0.475 e. The summed E-state index contributed by atoms with van der Waals surface area (Å²) in [6.45, 7) is 0. The first-order valence-electron chi connectivity index (χ1n) is 4.18. The number of aromatic nitrogens is 4. The molecule has 0 atom stereocenters. The predicted molar refractivity (Wildman–Crippen MR) is 49.8 cm³/mol. The molecule has 0 aliphatic carbocycles. The average molecular weight is 193 g/mol. The molecule has 0 bridgehead atoms. The van der Waals surface area contributed by atoms with Gasteiger partial charge in [-0.2, -0.15) is 4.98 Å². The molecule has 0 radical (unpaired) electrons. The molecule has 6 nitrogen and oxygen atoms in total. The molecular weight excluding hydrogens is 182 g/mol. The van der Waals surface area contributed by atoms with Gasteiger partial charge in [-0.1, -0.05) is 0 Å². The van der Waals surface area contributed by atoms with Crippen molar-refractivity contribution >= 4 is 17.1 Å². The van der Waals surface area contributed by atoms with Crippen molar-refractivity contribution in [2.45, 2.75) is 0 Å². The molecule has 0 fully saturated rings. The zero-order valence-electron chi connectivity index (χ0n) is 7.96. The van der Waals surface area contributed by atoms with Crippen LogP contribution in [0.1, 0.15) is 0 Å². The van der Waals surface area contributed by atoms with Crippen LogP contribution in [0.2, 0.25) is 0 Å². The van der Waals surface area contributed by atoms with E-state index in [4.69, 9.17) is 0 Å². The van der Waals surface area contributed by atoms with Crippen LogP contribution in [0.25, 0.3) is 11.2 Å². The third-order valence-electron chi connectivity index (χ3n) is 1.88. The lowest BCUT2D eigenvalue weighted by Crippen LogP contribution is -2.31. The van der Waals surface area contributed by atoms with Gasteiger partial charge in [-0.05, 0) is 0 Å². The molecule has 2 aromatic heterocycles. The molecule has 0 saturated heterocycles. The van der Waals surface area contributed by atoms with Crippen molar-refractivity contribution in [1.82, 2.24) is 9.97 Å². The fourth-order valence-corrected chi connectivity index (χ4v) is 1.17. The monoisotopic (exact) mass is 193 g/mol. The number of fused-ring (bicyclic) bond motifs is 1. The molecule has 2 aromatic rings. The lowest BCUT2D eigenvalue weighted by atomic mass is 10.5. The summed E-state index contributed by atoms with van der Waals surface area (Å²) in [6, 6.07) is 0. The Balaban J connectivity index is 2.79. The van der Waals surface area contributed by atoms with Crippen LogP contribution in [0.15, 0.2) is 17.2 Å². The second-order valence-corrected chi connectivity index (χ2v) is 3.13. The lowest BCUT2D eigenvalue weighted by molar-refractivity contribution is -0.465. The van der Waals surface area contributed by atoms with Gasteiger partial charge >= 0.3 is 11.6 Å². The minimum absolute atomic E-state index is 0.209. The number of nitrogens with zero attached hydrogens (tertiary/aromatic N) is 2. The molecule has 6 heteroatoms. The molecular formula is C8H11N5O+2. The summed E-state index contributed by atoms with van der Waals surface area (Å²) >= 11 is 0. The minimum atomic E-state index is -0.209. The Labute approximate surface area is 79.6 Å². The molecule has 0 amide bonds. The standard InChI is InChI=1S/C8H9N5O/c1-13(2)8-11-6-5(7(14)12-8)9-3-4-10-6/h3-4H,1-2H3,(H,10,11,12,14)/p+2.